The van der Waals surface area contributed by atoms with Crippen LogP contribution < -0.4 is 15.8 Å². The number of amides is 1. The predicted octanol–water partition coefficient (Wildman–Crippen LogP) is 3.45. The molecule has 2 aromatic heterocycles. The van der Waals surface area contributed by atoms with E-state index in [1.54, 1.807) is 6.07 Å². The molecule has 8 heteroatoms. The van der Waals surface area contributed by atoms with Gasteiger partial charge in [0.15, 0.2) is 0 Å². The number of fused-ring (bicyclic) bond motifs is 1. The first-order chi connectivity index (χ1) is 15.1. The van der Waals surface area contributed by atoms with Crippen LogP contribution in [0.4, 0.5) is 11.5 Å². The van der Waals surface area contributed by atoms with E-state index in [0.717, 1.165) is 48.3 Å². The predicted molar refractivity (Wildman–Crippen MR) is 126 cm³/mol. The number of benzene rings is 1. The minimum Gasteiger partial charge on any atom is -0.378 e. The Labute approximate surface area is 187 Å². The van der Waals surface area contributed by atoms with E-state index in [-0.39, 0.29) is 16.9 Å². The highest BCUT2D eigenvalue weighted by molar-refractivity contribution is 6.04. The first kappa shape index (κ1) is 21.8. The normalized spacial score (nSPS) is 13.5. The number of hydrogen-bond acceptors (Lipinski definition) is 5. The Morgan fingerprint density at radius 3 is 2.62 bits per heavy atom. The second-order valence-corrected chi connectivity index (χ2v) is 9.50. The van der Waals surface area contributed by atoms with Crippen molar-refractivity contribution in [3.8, 4) is 5.95 Å². The smallest absolute Gasteiger partial charge is 0.256 e. The zero-order valence-corrected chi connectivity index (χ0v) is 19.3. The Hall–Kier alpha value is -3.42. The van der Waals surface area contributed by atoms with Crippen LogP contribution in [0.2, 0.25) is 0 Å². The lowest BCUT2D eigenvalue weighted by atomic mass is 9.92. The molecule has 0 radical (unpaired) electrons. The van der Waals surface area contributed by atoms with E-state index < -0.39 is 0 Å². The van der Waals surface area contributed by atoms with Crippen molar-refractivity contribution in [3.63, 3.8) is 0 Å². The number of nitrogens with zero attached hydrogens (tertiary/aromatic N) is 4. The second-order valence-electron chi connectivity index (χ2n) is 9.50. The largest absolute Gasteiger partial charge is 0.378 e. The Bertz CT molecular complexity index is 1220. The van der Waals surface area contributed by atoms with Crippen LogP contribution in [0.5, 0.6) is 0 Å². The van der Waals surface area contributed by atoms with Gasteiger partial charge in [-0.3, -0.25) is 14.6 Å². The van der Waals surface area contributed by atoms with Crippen LogP contribution in [-0.2, 0) is 18.3 Å². The second kappa shape index (κ2) is 8.26. The van der Waals surface area contributed by atoms with Crippen molar-refractivity contribution in [2.75, 3.05) is 24.3 Å². The molecule has 0 saturated heterocycles. The van der Waals surface area contributed by atoms with Gasteiger partial charge in [0.2, 0.25) is 5.95 Å². The summed E-state index contributed by atoms with van der Waals surface area (Å²) in [6.07, 6.45) is 3.54. The summed E-state index contributed by atoms with van der Waals surface area (Å²) in [6, 6.07) is 9.24. The Morgan fingerprint density at radius 2 is 1.91 bits per heavy atom. The molecule has 0 fully saturated rings. The summed E-state index contributed by atoms with van der Waals surface area (Å²) in [5.74, 6) is 0.535. The molecular weight excluding hydrogens is 404 g/mol. The maximum absolute atomic E-state index is 13.1. The van der Waals surface area contributed by atoms with Crippen LogP contribution in [0.1, 0.15) is 60.9 Å². The number of nitrogens with one attached hydrogen (secondary N) is 2. The molecule has 0 aliphatic heterocycles. The highest BCUT2D eigenvalue weighted by atomic mass is 16.2. The van der Waals surface area contributed by atoms with Crippen LogP contribution in [-0.4, -0.2) is 39.8 Å². The summed E-state index contributed by atoms with van der Waals surface area (Å²) in [5, 5.41) is 7.66. The van der Waals surface area contributed by atoms with Gasteiger partial charge in [0.1, 0.15) is 5.82 Å². The monoisotopic (exact) mass is 434 g/mol. The van der Waals surface area contributed by atoms with E-state index in [2.05, 4.69) is 31.1 Å². The molecule has 168 valence electrons. The standard InChI is InChI=1S/C24H30N6O2/c1-24(2,3)19-14-20(26-21(31)15-9-8-10-16(13-15)29(4)5)30(28-19)23-25-18-12-7-6-11-17(18)22(32)27-23/h8-10,13-14H,6-7,11-12H2,1-5H3,(H,26,31)(H,25,27,32). The SMILES string of the molecule is CN(C)c1cccc(C(=O)Nc2cc(C(C)(C)C)nn2-c2nc3c(c(=O)[nH]2)CCCC3)c1. The van der Waals surface area contributed by atoms with Crippen molar-refractivity contribution in [1.29, 1.82) is 0 Å². The molecule has 0 atom stereocenters. The Kier molecular flexibility index (Phi) is 5.62. The molecule has 1 amide bonds. The Balaban J connectivity index is 1.75. The lowest BCUT2D eigenvalue weighted by Gasteiger charge is -2.16. The maximum Gasteiger partial charge on any atom is 0.256 e. The van der Waals surface area contributed by atoms with E-state index in [9.17, 15) is 9.59 Å². The van der Waals surface area contributed by atoms with Crippen molar-refractivity contribution in [3.05, 3.63) is 63.2 Å². The minimum atomic E-state index is -0.254. The molecule has 2 N–H and O–H groups in total. The van der Waals surface area contributed by atoms with Gasteiger partial charge in [-0.15, -0.1) is 0 Å². The molecule has 1 aromatic carbocycles. The first-order valence-corrected chi connectivity index (χ1v) is 11.0. The summed E-state index contributed by atoms with van der Waals surface area (Å²) < 4.78 is 1.53. The number of carbonyl (C=O) groups is 1. The van der Waals surface area contributed by atoms with E-state index in [1.165, 1.54) is 4.68 Å². The fraction of sp³-hybridized carbons (Fsp3) is 0.417. The minimum absolute atomic E-state index is 0.131. The summed E-state index contributed by atoms with van der Waals surface area (Å²) in [6.45, 7) is 6.15. The third-order valence-electron chi connectivity index (χ3n) is 5.72. The van der Waals surface area contributed by atoms with Gasteiger partial charge in [0.25, 0.3) is 11.5 Å². The highest BCUT2D eigenvalue weighted by Gasteiger charge is 2.24. The van der Waals surface area contributed by atoms with Gasteiger partial charge in [0, 0.05) is 42.4 Å². The number of carbonyl (C=O) groups excluding carboxylic acids is 1. The average molecular weight is 435 g/mol. The highest BCUT2D eigenvalue weighted by Crippen LogP contribution is 2.26. The van der Waals surface area contributed by atoms with Crippen LogP contribution >= 0.6 is 0 Å². The van der Waals surface area contributed by atoms with Crippen LogP contribution in [0.3, 0.4) is 0 Å². The molecule has 0 spiro atoms. The molecule has 4 rings (SSSR count). The number of aromatic nitrogens is 4. The van der Waals surface area contributed by atoms with Gasteiger partial charge in [-0.1, -0.05) is 26.8 Å². The molecule has 32 heavy (non-hydrogen) atoms. The number of aryl methyl sites for hydroxylation is 1. The number of anilines is 2. The lowest BCUT2D eigenvalue weighted by molar-refractivity contribution is 0.102. The van der Waals surface area contributed by atoms with Crippen LogP contribution in [0, 0.1) is 0 Å². The molecule has 1 aliphatic carbocycles. The zero-order chi connectivity index (χ0) is 23.0. The molecule has 3 aromatic rings. The van der Waals surface area contributed by atoms with E-state index >= 15 is 0 Å². The van der Waals surface area contributed by atoms with Crippen LogP contribution in [0.15, 0.2) is 35.1 Å². The molecule has 0 saturated carbocycles. The summed E-state index contributed by atoms with van der Waals surface area (Å²) >= 11 is 0. The van der Waals surface area contributed by atoms with Crippen molar-refractivity contribution in [1.82, 2.24) is 19.7 Å². The number of H-pyrrole nitrogens is 1. The molecule has 1 aliphatic rings. The van der Waals surface area contributed by atoms with E-state index in [1.807, 2.05) is 43.3 Å². The lowest BCUT2D eigenvalue weighted by Crippen LogP contribution is -2.25. The third kappa shape index (κ3) is 4.30. The summed E-state index contributed by atoms with van der Waals surface area (Å²) in [5.41, 5.74) is 3.46. The average Bonchev–Trinajstić information content (AvgIpc) is 3.18. The topological polar surface area (TPSA) is 95.9 Å². The van der Waals surface area contributed by atoms with Crippen molar-refractivity contribution in [2.24, 2.45) is 0 Å². The van der Waals surface area contributed by atoms with Gasteiger partial charge in [0.05, 0.1) is 11.4 Å². The zero-order valence-electron chi connectivity index (χ0n) is 19.3. The van der Waals surface area contributed by atoms with Crippen molar-refractivity contribution >= 4 is 17.4 Å². The molecule has 8 nitrogen and oxygen atoms in total. The number of aromatic amines is 1. The fourth-order valence-corrected chi connectivity index (χ4v) is 3.80. The van der Waals surface area contributed by atoms with Crippen molar-refractivity contribution in [2.45, 2.75) is 51.9 Å². The van der Waals surface area contributed by atoms with Crippen molar-refractivity contribution < 1.29 is 4.79 Å². The van der Waals surface area contributed by atoms with Gasteiger partial charge < -0.3 is 10.2 Å². The van der Waals surface area contributed by atoms with E-state index in [0.29, 0.717) is 17.3 Å². The van der Waals surface area contributed by atoms with Crippen LogP contribution in [0.25, 0.3) is 5.95 Å². The van der Waals surface area contributed by atoms with Gasteiger partial charge in [-0.05, 0) is 43.9 Å². The summed E-state index contributed by atoms with van der Waals surface area (Å²) in [7, 11) is 3.86. The number of rotatable bonds is 4. The number of hydrogen-bond donors (Lipinski definition) is 2. The quantitative estimate of drug-likeness (QED) is 0.656. The van der Waals surface area contributed by atoms with Gasteiger partial charge in [-0.2, -0.15) is 9.78 Å². The third-order valence-corrected chi connectivity index (χ3v) is 5.72. The molecule has 2 heterocycles. The maximum atomic E-state index is 13.1. The summed E-state index contributed by atoms with van der Waals surface area (Å²) in [4.78, 5) is 35.3. The van der Waals surface area contributed by atoms with Gasteiger partial charge in [-0.25, -0.2) is 4.98 Å². The first-order valence-electron chi connectivity index (χ1n) is 11.0. The van der Waals surface area contributed by atoms with E-state index in [4.69, 9.17) is 10.1 Å². The molecule has 0 unspecified atom stereocenters. The Morgan fingerprint density at radius 1 is 1.16 bits per heavy atom. The molecular formula is C24H30N6O2. The van der Waals surface area contributed by atoms with Gasteiger partial charge >= 0.3 is 0 Å². The fourth-order valence-electron chi connectivity index (χ4n) is 3.80. The molecule has 0 bridgehead atoms.